The number of esters is 1. The van der Waals surface area contributed by atoms with E-state index in [9.17, 15) is 4.79 Å². The van der Waals surface area contributed by atoms with Gasteiger partial charge in [-0.15, -0.1) is 21.5 Å². The zero-order chi connectivity index (χ0) is 14.8. The predicted octanol–water partition coefficient (Wildman–Crippen LogP) is 2.83. The highest BCUT2D eigenvalue weighted by Gasteiger charge is 2.22. The molecule has 0 atom stereocenters. The fourth-order valence-corrected chi connectivity index (χ4v) is 3.20. The number of tetrazole rings is 1. The molecule has 7 heteroatoms. The third kappa shape index (κ3) is 2.55. The molecular formula is C14H12N4O2S. The molecule has 3 aromatic rings. The summed E-state index contributed by atoms with van der Waals surface area (Å²) in [5, 5.41) is 13.9. The average Bonchev–Trinajstić information content (AvgIpc) is 3.09. The Labute approximate surface area is 124 Å². The van der Waals surface area contributed by atoms with E-state index in [0.717, 1.165) is 16.0 Å². The molecule has 1 aromatic carbocycles. The van der Waals surface area contributed by atoms with E-state index in [4.69, 9.17) is 4.74 Å². The van der Waals surface area contributed by atoms with Crippen molar-refractivity contribution in [3.63, 3.8) is 0 Å². The van der Waals surface area contributed by atoms with Crippen LogP contribution in [-0.4, -0.2) is 26.6 Å². The molecule has 0 fully saturated rings. The molecule has 0 spiro atoms. The predicted molar refractivity (Wildman–Crippen MR) is 79.0 cm³/mol. The molecule has 0 saturated heterocycles. The molecule has 0 unspecified atom stereocenters. The first kappa shape index (κ1) is 13.4. The number of carbonyl (C=O) groups excluding carboxylic acids is 1. The summed E-state index contributed by atoms with van der Waals surface area (Å²) in [6.45, 7) is 3.29. The topological polar surface area (TPSA) is 80.8 Å². The molecule has 3 rings (SSSR count). The van der Waals surface area contributed by atoms with E-state index in [2.05, 4.69) is 20.6 Å². The number of nitrogens with zero attached hydrogens (tertiary/aromatic N) is 3. The van der Waals surface area contributed by atoms with Crippen molar-refractivity contribution in [1.29, 1.82) is 0 Å². The van der Waals surface area contributed by atoms with Crippen molar-refractivity contribution in [1.82, 2.24) is 20.6 Å². The summed E-state index contributed by atoms with van der Waals surface area (Å²) in [5.41, 5.74) is 1.95. The lowest BCUT2D eigenvalue weighted by Gasteiger charge is -2.03. The van der Waals surface area contributed by atoms with Gasteiger partial charge in [0.15, 0.2) is 5.75 Å². The number of benzene rings is 1. The van der Waals surface area contributed by atoms with Crippen molar-refractivity contribution in [3.05, 3.63) is 35.9 Å². The standard InChI is InChI=1S/C14H12N4O2S/c1-8-11(20-9(2)19)13(14-15-17-18-16-14)21-12(8)10-6-4-3-5-7-10/h3-7H,1-2H3,(H,15,16,17,18). The zero-order valence-corrected chi connectivity index (χ0v) is 12.3. The van der Waals surface area contributed by atoms with E-state index in [1.165, 1.54) is 18.3 Å². The third-order valence-electron chi connectivity index (χ3n) is 2.92. The average molecular weight is 300 g/mol. The van der Waals surface area contributed by atoms with E-state index >= 15 is 0 Å². The lowest BCUT2D eigenvalue weighted by molar-refractivity contribution is -0.131. The Morgan fingerprint density at radius 3 is 2.62 bits per heavy atom. The monoisotopic (exact) mass is 300 g/mol. The van der Waals surface area contributed by atoms with Gasteiger partial charge in [-0.1, -0.05) is 30.3 Å². The molecule has 106 valence electrons. The highest BCUT2D eigenvalue weighted by molar-refractivity contribution is 7.19. The minimum atomic E-state index is -0.375. The van der Waals surface area contributed by atoms with Crippen LogP contribution >= 0.6 is 11.3 Å². The minimum Gasteiger partial charge on any atom is -0.425 e. The van der Waals surface area contributed by atoms with Gasteiger partial charge < -0.3 is 4.74 Å². The SMILES string of the molecule is CC(=O)Oc1c(-c2nn[nH]n2)sc(-c2ccccc2)c1C. The first-order valence-corrected chi connectivity index (χ1v) is 7.09. The van der Waals surface area contributed by atoms with Crippen LogP contribution in [0.4, 0.5) is 0 Å². The summed E-state index contributed by atoms with van der Waals surface area (Å²) in [6, 6.07) is 9.91. The second-order valence-corrected chi connectivity index (χ2v) is 5.43. The lowest BCUT2D eigenvalue weighted by atomic mass is 10.1. The number of nitrogens with one attached hydrogen (secondary N) is 1. The van der Waals surface area contributed by atoms with Crippen LogP contribution in [0.25, 0.3) is 21.1 Å². The molecule has 2 aromatic heterocycles. The first-order chi connectivity index (χ1) is 10.2. The number of hydrogen-bond acceptors (Lipinski definition) is 6. The van der Waals surface area contributed by atoms with Gasteiger partial charge in [0.1, 0.15) is 4.88 Å². The smallest absolute Gasteiger partial charge is 0.308 e. The van der Waals surface area contributed by atoms with E-state index in [1.54, 1.807) is 0 Å². The Bertz CT molecular complexity index is 766. The molecule has 0 aliphatic heterocycles. The minimum absolute atomic E-state index is 0.375. The van der Waals surface area contributed by atoms with Crippen LogP contribution in [0, 0.1) is 6.92 Å². The second kappa shape index (κ2) is 5.45. The van der Waals surface area contributed by atoms with Crippen LogP contribution in [0.5, 0.6) is 5.75 Å². The summed E-state index contributed by atoms with van der Waals surface area (Å²) < 4.78 is 5.35. The van der Waals surface area contributed by atoms with Crippen molar-refractivity contribution in [3.8, 4) is 26.9 Å². The fourth-order valence-electron chi connectivity index (χ4n) is 2.04. The van der Waals surface area contributed by atoms with Crippen molar-refractivity contribution in [2.45, 2.75) is 13.8 Å². The van der Waals surface area contributed by atoms with Crippen molar-refractivity contribution in [2.24, 2.45) is 0 Å². The maximum atomic E-state index is 11.4. The first-order valence-electron chi connectivity index (χ1n) is 6.28. The largest absolute Gasteiger partial charge is 0.425 e. The summed E-state index contributed by atoms with van der Waals surface area (Å²) in [6.07, 6.45) is 0. The third-order valence-corrected chi connectivity index (χ3v) is 4.24. The Morgan fingerprint density at radius 1 is 1.24 bits per heavy atom. The van der Waals surface area contributed by atoms with Gasteiger partial charge in [0, 0.05) is 17.4 Å². The van der Waals surface area contributed by atoms with Crippen LogP contribution in [0.3, 0.4) is 0 Å². The number of hydrogen-bond donors (Lipinski definition) is 1. The van der Waals surface area contributed by atoms with E-state index in [-0.39, 0.29) is 5.97 Å². The van der Waals surface area contributed by atoms with Crippen molar-refractivity contribution >= 4 is 17.3 Å². The number of aromatic amines is 1. The van der Waals surface area contributed by atoms with Gasteiger partial charge in [-0.25, -0.2) is 0 Å². The van der Waals surface area contributed by atoms with Gasteiger partial charge in [0.25, 0.3) is 0 Å². The molecular weight excluding hydrogens is 288 g/mol. The molecule has 0 amide bonds. The molecule has 0 bridgehead atoms. The van der Waals surface area contributed by atoms with Crippen LogP contribution in [0.2, 0.25) is 0 Å². The number of aromatic nitrogens is 4. The quantitative estimate of drug-likeness (QED) is 0.752. The highest BCUT2D eigenvalue weighted by Crippen LogP contribution is 2.45. The summed E-state index contributed by atoms with van der Waals surface area (Å²) >= 11 is 1.48. The second-order valence-electron chi connectivity index (χ2n) is 4.41. The van der Waals surface area contributed by atoms with Gasteiger partial charge in [-0.05, 0) is 17.7 Å². The number of carbonyl (C=O) groups is 1. The van der Waals surface area contributed by atoms with E-state index < -0.39 is 0 Å². The van der Waals surface area contributed by atoms with Crippen LogP contribution < -0.4 is 4.74 Å². The molecule has 2 heterocycles. The Balaban J connectivity index is 2.18. The number of thiophene rings is 1. The number of H-pyrrole nitrogens is 1. The maximum Gasteiger partial charge on any atom is 0.308 e. The highest BCUT2D eigenvalue weighted by atomic mass is 32.1. The Hall–Kier alpha value is -2.54. The van der Waals surface area contributed by atoms with Gasteiger partial charge in [0.2, 0.25) is 5.82 Å². The van der Waals surface area contributed by atoms with Crippen LogP contribution in [-0.2, 0) is 4.79 Å². The van der Waals surface area contributed by atoms with Crippen LogP contribution in [0.15, 0.2) is 30.3 Å². The Morgan fingerprint density at radius 2 is 2.00 bits per heavy atom. The molecule has 6 nitrogen and oxygen atoms in total. The summed E-state index contributed by atoms with van der Waals surface area (Å²) in [5.74, 6) is 0.537. The molecule has 21 heavy (non-hydrogen) atoms. The maximum absolute atomic E-state index is 11.4. The van der Waals surface area contributed by atoms with Crippen LogP contribution in [0.1, 0.15) is 12.5 Å². The molecule has 0 aliphatic carbocycles. The molecule has 0 radical (unpaired) electrons. The Kier molecular flexibility index (Phi) is 3.49. The summed E-state index contributed by atoms with van der Waals surface area (Å²) in [7, 11) is 0. The summed E-state index contributed by atoms with van der Waals surface area (Å²) in [4.78, 5) is 13.1. The van der Waals surface area contributed by atoms with E-state index in [0.29, 0.717) is 16.5 Å². The molecule has 1 N–H and O–H groups in total. The van der Waals surface area contributed by atoms with Crippen molar-refractivity contribution < 1.29 is 9.53 Å². The van der Waals surface area contributed by atoms with E-state index in [1.807, 2.05) is 37.3 Å². The number of ether oxygens (including phenoxy) is 1. The molecule has 0 aliphatic rings. The normalized spacial score (nSPS) is 10.6. The van der Waals surface area contributed by atoms with Gasteiger partial charge in [-0.3, -0.25) is 4.79 Å². The fraction of sp³-hybridized carbons (Fsp3) is 0.143. The van der Waals surface area contributed by atoms with Gasteiger partial charge in [0.05, 0.1) is 0 Å². The van der Waals surface area contributed by atoms with Crippen molar-refractivity contribution in [2.75, 3.05) is 0 Å². The van der Waals surface area contributed by atoms with Gasteiger partial charge in [-0.2, -0.15) is 5.21 Å². The number of rotatable bonds is 3. The van der Waals surface area contributed by atoms with Gasteiger partial charge >= 0.3 is 5.97 Å². The zero-order valence-electron chi connectivity index (χ0n) is 11.5. The lowest BCUT2D eigenvalue weighted by Crippen LogP contribution is -2.02. The molecule has 0 saturated carbocycles.